The second-order valence-electron chi connectivity index (χ2n) is 5.19. The van der Waals surface area contributed by atoms with E-state index in [-0.39, 0.29) is 5.91 Å². The Hall–Kier alpha value is -2.13. The summed E-state index contributed by atoms with van der Waals surface area (Å²) in [6.45, 7) is 3.88. The summed E-state index contributed by atoms with van der Waals surface area (Å²) in [5.74, 6) is -0.0473. The van der Waals surface area contributed by atoms with Crippen LogP contribution in [-0.2, 0) is 13.0 Å². The number of aryl methyl sites for hydroxylation is 1. The molecule has 1 amide bonds. The largest absolute Gasteiger partial charge is 0.355 e. The second kappa shape index (κ2) is 7.60. The Morgan fingerprint density at radius 1 is 1.05 bits per heavy atom. The topological polar surface area (TPSA) is 41.1 Å². The number of carbonyl (C=O) groups is 1. The van der Waals surface area contributed by atoms with Crippen LogP contribution in [0.25, 0.3) is 0 Å². The molecule has 110 valence electrons. The first kappa shape index (κ1) is 15.3. The Kier molecular flexibility index (Phi) is 5.52. The van der Waals surface area contributed by atoms with E-state index in [4.69, 9.17) is 0 Å². The SMILES string of the molecule is CNC(=O)c1ccc(CNCCc2cccc(C)c2)cc1. The van der Waals surface area contributed by atoms with Crippen molar-refractivity contribution in [3.8, 4) is 0 Å². The van der Waals surface area contributed by atoms with Crippen molar-refractivity contribution >= 4 is 5.91 Å². The molecule has 2 rings (SSSR count). The highest BCUT2D eigenvalue weighted by Gasteiger charge is 2.02. The summed E-state index contributed by atoms with van der Waals surface area (Å²) in [6, 6.07) is 16.3. The van der Waals surface area contributed by atoms with E-state index in [0.29, 0.717) is 5.56 Å². The number of amides is 1. The lowest BCUT2D eigenvalue weighted by Crippen LogP contribution is -2.18. The lowest BCUT2D eigenvalue weighted by Gasteiger charge is -2.07. The van der Waals surface area contributed by atoms with Crippen LogP contribution in [0.2, 0.25) is 0 Å². The van der Waals surface area contributed by atoms with Crippen molar-refractivity contribution in [3.63, 3.8) is 0 Å². The average Bonchev–Trinajstić information content (AvgIpc) is 2.51. The van der Waals surface area contributed by atoms with Crippen LogP contribution in [0, 0.1) is 6.92 Å². The van der Waals surface area contributed by atoms with Gasteiger partial charge in [0.2, 0.25) is 0 Å². The van der Waals surface area contributed by atoms with E-state index >= 15 is 0 Å². The Labute approximate surface area is 126 Å². The molecule has 2 aromatic rings. The van der Waals surface area contributed by atoms with Crippen molar-refractivity contribution in [2.24, 2.45) is 0 Å². The zero-order chi connectivity index (χ0) is 15.1. The molecule has 0 bridgehead atoms. The number of carbonyl (C=O) groups excluding carboxylic acids is 1. The lowest BCUT2D eigenvalue weighted by molar-refractivity contribution is 0.0963. The fraction of sp³-hybridized carbons (Fsp3) is 0.278. The highest BCUT2D eigenvalue weighted by Crippen LogP contribution is 2.06. The Bertz CT molecular complexity index is 590. The zero-order valence-corrected chi connectivity index (χ0v) is 12.6. The van der Waals surface area contributed by atoms with E-state index in [2.05, 4.69) is 41.8 Å². The summed E-state index contributed by atoms with van der Waals surface area (Å²) < 4.78 is 0. The van der Waals surface area contributed by atoms with Gasteiger partial charge in [0.25, 0.3) is 5.91 Å². The maximum absolute atomic E-state index is 11.4. The first-order valence-corrected chi connectivity index (χ1v) is 7.26. The molecule has 21 heavy (non-hydrogen) atoms. The molecule has 0 saturated heterocycles. The van der Waals surface area contributed by atoms with Crippen molar-refractivity contribution in [3.05, 3.63) is 70.8 Å². The minimum atomic E-state index is -0.0473. The summed E-state index contributed by atoms with van der Waals surface area (Å²) in [4.78, 5) is 11.4. The third-order valence-electron chi connectivity index (χ3n) is 3.45. The first-order chi connectivity index (χ1) is 10.2. The number of hydrogen-bond donors (Lipinski definition) is 2. The van der Waals surface area contributed by atoms with Crippen LogP contribution in [0.1, 0.15) is 27.0 Å². The molecule has 0 heterocycles. The standard InChI is InChI=1S/C18H22N2O/c1-14-4-3-5-15(12-14)10-11-20-13-16-6-8-17(9-7-16)18(21)19-2/h3-9,12,20H,10-11,13H2,1-2H3,(H,19,21). The predicted octanol–water partition coefficient (Wildman–Crippen LogP) is 2.69. The van der Waals surface area contributed by atoms with E-state index in [1.165, 1.54) is 16.7 Å². The molecule has 0 aromatic heterocycles. The summed E-state index contributed by atoms with van der Waals surface area (Å²) in [5, 5.41) is 6.05. The summed E-state index contributed by atoms with van der Waals surface area (Å²) in [5.41, 5.74) is 4.54. The maximum atomic E-state index is 11.4. The zero-order valence-electron chi connectivity index (χ0n) is 12.6. The summed E-state index contributed by atoms with van der Waals surface area (Å²) >= 11 is 0. The quantitative estimate of drug-likeness (QED) is 0.800. The van der Waals surface area contributed by atoms with Gasteiger partial charge in [-0.3, -0.25) is 4.79 Å². The lowest BCUT2D eigenvalue weighted by atomic mass is 10.1. The van der Waals surface area contributed by atoms with Crippen LogP contribution in [0.4, 0.5) is 0 Å². The van der Waals surface area contributed by atoms with Gasteiger partial charge in [0.1, 0.15) is 0 Å². The van der Waals surface area contributed by atoms with Crippen molar-refractivity contribution in [1.29, 1.82) is 0 Å². The van der Waals surface area contributed by atoms with Crippen molar-refractivity contribution < 1.29 is 4.79 Å². The van der Waals surface area contributed by atoms with E-state index in [1.807, 2.05) is 24.3 Å². The van der Waals surface area contributed by atoms with Gasteiger partial charge in [-0.15, -0.1) is 0 Å². The van der Waals surface area contributed by atoms with E-state index in [9.17, 15) is 4.79 Å². The van der Waals surface area contributed by atoms with Crippen molar-refractivity contribution in [2.75, 3.05) is 13.6 Å². The third kappa shape index (κ3) is 4.72. The van der Waals surface area contributed by atoms with Crippen LogP contribution >= 0.6 is 0 Å². The van der Waals surface area contributed by atoms with E-state index in [1.54, 1.807) is 7.05 Å². The van der Waals surface area contributed by atoms with Crippen LogP contribution in [0.5, 0.6) is 0 Å². The number of nitrogens with one attached hydrogen (secondary N) is 2. The molecule has 2 aromatic carbocycles. The summed E-state index contributed by atoms with van der Waals surface area (Å²) in [7, 11) is 1.64. The van der Waals surface area contributed by atoms with E-state index in [0.717, 1.165) is 19.5 Å². The van der Waals surface area contributed by atoms with Crippen LogP contribution in [0.15, 0.2) is 48.5 Å². The van der Waals surface area contributed by atoms with Gasteiger partial charge in [0, 0.05) is 19.2 Å². The first-order valence-electron chi connectivity index (χ1n) is 7.26. The van der Waals surface area contributed by atoms with Gasteiger partial charge in [0.05, 0.1) is 0 Å². The fourth-order valence-corrected chi connectivity index (χ4v) is 2.25. The molecule has 0 aliphatic carbocycles. The highest BCUT2D eigenvalue weighted by molar-refractivity contribution is 5.93. The van der Waals surface area contributed by atoms with Gasteiger partial charge in [-0.25, -0.2) is 0 Å². The van der Waals surface area contributed by atoms with Crippen molar-refractivity contribution in [2.45, 2.75) is 19.9 Å². The average molecular weight is 282 g/mol. The van der Waals surface area contributed by atoms with Gasteiger partial charge in [-0.05, 0) is 43.1 Å². The van der Waals surface area contributed by atoms with E-state index < -0.39 is 0 Å². The molecule has 0 atom stereocenters. The van der Waals surface area contributed by atoms with Gasteiger partial charge >= 0.3 is 0 Å². The molecule has 0 unspecified atom stereocenters. The van der Waals surface area contributed by atoms with Crippen molar-refractivity contribution in [1.82, 2.24) is 10.6 Å². The minimum Gasteiger partial charge on any atom is -0.355 e. The monoisotopic (exact) mass is 282 g/mol. The molecule has 2 N–H and O–H groups in total. The molecule has 3 heteroatoms. The van der Waals surface area contributed by atoms with Gasteiger partial charge in [0.15, 0.2) is 0 Å². The molecular formula is C18H22N2O. The molecule has 3 nitrogen and oxygen atoms in total. The molecule has 0 radical (unpaired) electrons. The Balaban J connectivity index is 1.77. The molecule has 0 aliphatic heterocycles. The van der Waals surface area contributed by atoms with Crippen LogP contribution in [0.3, 0.4) is 0 Å². The Morgan fingerprint density at radius 2 is 1.81 bits per heavy atom. The smallest absolute Gasteiger partial charge is 0.251 e. The molecule has 0 aliphatic rings. The van der Waals surface area contributed by atoms with Gasteiger partial charge in [-0.1, -0.05) is 42.0 Å². The Morgan fingerprint density at radius 3 is 2.48 bits per heavy atom. The third-order valence-corrected chi connectivity index (χ3v) is 3.45. The van der Waals surface area contributed by atoms with Crippen LogP contribution < -0.4 is 10.6 Å². The molecule has 0 fully saturated rings. The number of hydrogen-bond acceptors (Lipinski definition) is 2. The van der Waals surface area contributed by atoms with Gasteiger partial charge in [-0.2, -0.15) is 0 Å². The summed E-state index contributed by atoms with van der Waals surface area (Å²) in [6.07, 6.45) is 1.03. The maximum Gasteiger partial charge on any atom is 0.251 e. The molecular weight excluding hydrogens is 260 g/mol. The number of benzene rings is 2. The second-order valence-corrected chi connectivity index (χ2v) is 5.19. The predicted molar refractivity (Wildman–Crippen MR) is 86.4 cm³/mol. The van der Waals surface area contributed by atoms with Crippen LogP contribution in [-0.4, -0.2) is 19.5 Å². The number of rotatable bonds is 6. The normalized spacial score (nSPS) is 10.4. The highest BCUT2D eigenvalue weighted by atomic mass is 16.1. The molecule has 0 spiro atoms. The van der Waals surface area contributed by atoms with Gasteiger partial charge < -0.3 is 10.6 Å². The fourth-order valence-electron chi connectivity index (χ4n) is 2.25. The molecule has 0 saturated carbocycles. The minimum absolute atomic E-state index is 0.0473.